The van der Waals surface area contributed by atoms with Crippen LogP contribution in [0.1, 0.15) is 30.1 Å². The average molecular weight is 285 g/mol. The summed E-state index contributed by atoms with van der Waals surface area (Å²) in [6.07, 6.45) is 1.27. The van der Waals surface area contributed by atoms with Crippen LogP contribution in [-0.4, -0.2) is 14.9 Å². The number of rotatable bonds is 4. The lowest BCUT2D eigenvalue weighted by molar-refractivity contribution is 0.0595. The molecule has 0 aromatic carbocycles. The second-order valence-electron chi connectivity index (χ2n) is 4.61. The highest BCUT2D eigenvalue weighted by Gasteiger charge is 2.28. The van der Waals surface area contributed by atoms with E-state index in [1.54, 1.807) is 16.0 Å². The predicted octanol–water partition coefficient (Wildman–Crippen LogP) is 3.15. The van der Waals surface area contributed by atoms with Gasteiger partial charge < -0.3 is 5.11 Å². The van der Waals surface area contributed by atoms with Gasteiger partial charge in [0.2, 0.25) is 0 Å². The van der Waals surface area contributed by atoms with Crippen molar-refractivity contribution < 1.29 is 5.11 Å². The van der Waals surface area contributed by atoms with Crippen molar-refractivity contribution in [3.05, 3.63) is 38.8 Å². The summed E-state index contributed by atoms with van der Waals surface area (Å²) < 4.78 is 1.77. The number of aryl methyl sites for hydroxylation is 2. The second-order valence-corrected chi connectivity index (χ2v) is 5.94. The Balaban J connectivity index is 2.32. The molecule has 0 radical (unpaired) electrons. The summed E-state index contributed by atoms with van der Waals surface area (Å²) in [5.41, 5.74) is 0.861. The van der Waals surface area contributed by atoms with Gasteiger partial charge in [-0.15, -0.1) is 11.3 Å². The zero-order chi connectivity index (χ0) is 13.3. The molecule has 0 bridgehead atoms. The Morgan fingerprint density at radius 2 is 2.28 bits per heavy atom. The SMILES string of the molecule is CCc1nn(C)c(CC(C)(O)c2cccs2)c1Cl. The molecule has 1 atom stereocenters. The van der Waals surface area contributed by atoms with Crippen LogP contribution in [0, 0.1) is 0 Å². The van der Waals surface area contributed by atoms with E-state index in [1.807, 2.05) is 38.4 Å². The summed E-state index contributed by atoms with van der Waals surface area (Å²) in [5.74, 6) is 0. The minimum atomic E-state index is -0.906. The van der Waals surface area contributed by atoms with E-state index in [0.29, 0.717) is 11.4 Å². The Hall–Kier alpha value is -0.840. The van der Waals surface area contributed by atoms with Gasteiger partial charge in [0.15, 0.2) is 0 Å². The largest absolute Gasteiger partial charge is 0.384 e. The van der Waals surface area contributed by atoms with Crippen molar-refractivity contribution in [2.45, 2.75) is 32.3 Å². The molecular formula is C13H17ClN2OS. The normalized spacial score (nSPS) is 14.7. The topological polar surface area (TPSA) is 38.0 Å². The van der Waals surface area contributed by atoms with Crippen LogP contribution < -0.4 is 0 Å². The van der Waals surface area contributed by atoms with E-state index in [-0.39, 0.29) is 0 Å². The van der Waals surface area contributed by atoms with Crippen LogP contribution in [0.3, 0.4) is 0 Å². The number of halogens is 1. The molecule has 0 amide bonds. The van der Waals surface area contributed by atoms with Crippen molar-refractivity contribution in [1.29, 1.82) is 0 Å². The quantitative estimate of drug-likeness (QED) is 0.937. The van der Waals surface area contributed by atoms with Crippen LogP contribution in [0.2, 0.25) is 5.02 Å². The van der Waals surface area contributed by atoms with Gasteiger partial charge in [-0.2, -0.15) is 5.10 Å². The van der Waals surface area contributed by atoms with Crippen LogP contribution in [0.5, 0.6) is 0 Å². The first-order chi connectivity index (χ1) is 8.45. The molecule has 3 nitrogen and oxygen atoms in total. The van der Waals surface area contributed by atoms with Crippen molar-refractivity contribution in [1.82, 2.24) is 9.78 Å². The molecule has 0 aliphatic carbocycles. The van der Waals surface area contributed by atoms with Crippen molar-refractivity contribution in [3.63, 3.8) is 0 Å². The molecule has 1 N–H and O–H groups in total. The molecule has 0 aliphatic rings. The number of aromatic nitrogens is 2. The van der Waals surface area contributed by atoms with E-state index < -0.39 is 5.60 Å². The van der Waals surface area contributed by atoms with Gasteiger partial charge in [0.25, 0.3) is 0 Å². The van der Waals surface area contributed by atoms with Gasteiger partial charge in [-0.1, -0.05) is 24.6 Å². The molecule has 0 saturated heterocycles. The highest BCUT2D eigenvalue weighted by Crippen LogP contribution is 2.32. The summed E-state index contributed by atoms with van der Waals surface area (Å²) in [5, 5.41) is 17.6. The standard InChI is InChI=1S/C13H17ClN2OS/c1-4-9-12(14)10(16(3)15-9)8-13(2,17)11-6-5-7-18-11/h5-7,17H,4,8H2,1-3H3. The maximum absolute atomic E-state index is 10.6. The fraction of sp³-hybridized carbons (Fsp3) is 0.462. The van der Waals surface area contributed by atoms with Crippen LogP contribution in [0.4, 0.5) is 0 Å². The predicted molar refractivity (Wildman–Crippen MR) is 75.2 cm³/mol. The minimum absolute atomic E-state index is 0.468. The summed E-state index contributed by atoms with van der Waals surface area (Å²) in [7, 11) is 1.87. The molecule has 1 unspecified atom stereocenters. The Morgan fingerprint density at radius 3 is 2.78 bits per heavy atom. The highest BCUT2D eigenvalue weighted by atomic mass is 35.5. The Kier molecular flexibility index (Phi) is 3.80. The molecule has 2 heterocycles. The number of hydrogen-bond donors (Lipinski definition) is 1. The van der Waals surface area contributed by atoms with E-state index in [2.05, 4.69) is 5.10 Å². The number of thiophene rings is 1. The molecule has 2 rings (SSSR count). The fourth-order valence-corrected chi connectivity index (χ4v) is 3.16. The van der Waals surface area contributed by atoms with Crippen LogP contribution in [-0.2, 0) is 25.5 Å². The smallest absolute Gasteiger partial charge is 0.101 e. The van der Waals surface area contributed by atoms with Gasteiger partial charge in [0, 0.05) is 18.3 Å². The minimum Gasteiger partial charge on any atom is -0.384 e. The van der Waals surface area contributed by atoms with Crippen molar-refractivity contribution >= 4 is 22.9 Å². The molecule has 2 aromatic rings. The van der Waals surface area contributed by atoms with Crippen molar-refractivity contribution in [2.75, 3.05) is 0 Å². The maximum Gasteiger partial charge on any atom is 0.101 e. The third kappa shape index (κ3) is 2.46. The molecular weight excluding hydrogens is 268 g/mol. The molecule has 2 aromatic heterocycles. The number of nitrogens with zero attached hydrogens (tertiary/aromatic N) is 2. The van der Waals surface area contributed by atoms with Gasteiger partial charge in [0.1, 0.15) is 5.60 Å². The molecule has 98 valence electrons. The van der Waals surface area contributed by atoms with Crippen LogP contribution in [0.25, 0.3) is 0 Å². The summed E-state index contributed by atoms with van der Waals surface area (Å²) >= 11 is 7.86. The van der Waals surface area contributed by atoms with Gasteiger partial charge in [-0.3, -0.25) is 4.68 Å². The maximum atomic E-state index is 10.6. The average Bonchev–Trinajstić information content (AvgIpc) is 2.93. The number of hydrogen-bond acceptors (Lipinski definition) is 3. The molecule has 5 heteroatoms. The fourth-order valence-electron chi connectivity index (χ4n) is 2.01. The van der Waals surface area contributed by atoms with E-state index >= 15 is 0 Å². The number of aliphatic hydroxyl groups is 1. The zero-order valence-electron chi connectivity index (χ0n) is 10.8. The van der Waals surface area contributed by atoms with Gasteiger partial charge in [-0.25, -0.2) is 0 Å². The second kappa shape index (κ2) is 5.03. The lowest BCUT2D eigenvalue weighted by atomic mass is 9.98. The lowest BCUT2D eigenvalue weighted by Gasteiger charge is -2.22. The van der Waals surface area contributed by atoms with E-state index in [0.717, 1.165) is 22.7 Å². The first-order valence-corrected chi connectivity index (χ1v) is 7.18. The van der Waals surface area contributed by atoms with Crippen LogP contribution >= 0.6 is 22.9 Å². The Labute approximate surface area is 116 Å². The Morgan fingerprint density at radius 1 is 1.56 bits per heavy atom. The monoisotopic (exact) mass is 284 g/mol. The van der Waals surface area contributed by atoms with E-state index in [9.17, 15) is 5.11 Å². The molecule has 0 aliphatic heterocycles. The third-order valence-corrected chi connectivity index (χ3v) is 4.63. The van der Waals surface area contributed by atoms with Gasteiger partial charge >= 0.3 is 0 Å². The molecule has 0 fully saturated rings. The summed E-state index contributed by atoms with van der Waals surface area (Å²) in [4.78, 5) is 0.942. The molecule has 18 heavy (non-hydrogen) atoms. The van der Waals surface area contributed by atoms with Crippen molar-refractivity contribution in [2.24, 2.45) is 7.05 Å². The third-order valence-electron chi connectivity index (χ3n) is 3.07. The first-order valence-electron chi connectivity index (χ1n) is 5.92. The first kappa shape index (κ1) is 13.6. The van der Waals surface area contributed by atoms with Gasteiger partial charge in [0.05, 0.1) is 16.4 Å². The summed E-state index contributed by atoms with van der Waals surface area (Å²) in [6.45, 7) is 3.84. The molecule has 0 spiro atoms. The van der Waals surface area contributed by atoms with E-state index in [1.165, 1.54) is 0 Å². The Bertz CT molecular complexity index is 531. The van der Waals surface area contributed by atoms with Crippen LogP contribution in [0.15, 0.2) is 17.5 Å². The molecule has 0 saturated carbocycles. The van der Waals surface area contributed by atoms with Crippen molar-refractivity contribution in [3.8, 4) is 0 Å². The highest BCUT2D eigenvalue weighted by molar-refractivity contribution is 7.10. The van der Waals surface area contributed by atoms with E-state index in [4.69, 9.17) is 11.6 Å². The lowest BCUT2D eigenvalue weighted by Crippen LogP contribution is -2.24. The summed E-state index contributed by atoms with van der Waals surface area (Å²) in [6, 6.07) is 3.88. The van der Waals surface area contributed by atoms with Gasteiger partial charge in [-0.05, 0) is 24.8 Å². The zero-order valence-corrected chi connectivity index (χ0v) is 12.3.